The third-order valence-electron chi connectivity index (χ3n) is 5.46. The Bertz CT molecular complexity index is 1510. The summed E-state index contributed by atoms with van der Waals surface area (Å²) in [5, 5.41) is 17.5. The second-order valence-electron chi connectivity index (χ2n) is 7.84. The summed E-state index contributed by atoms with van der Waals surface area (Å²) in [5.41, 5.74) is 2.83. The Hall–Kier alpha value is -3.57. The topological polar surface area (TPSA) is 106 Å². The second-order valence-corrected chi connectivity index (χ2v) is 10.1. The molecule has 0 fully saturated rings. The van der Waals surface area contributed by atoms with Gasteiger partial charge >= 0.3 is 6.08 Å². The van der Waals surface area contributed by atoms with E-state index < -0.39 is 6.08 Å². The fourth-order valence-electron chi connectivity index (χ4n) is 3.94. The third-order valence-corrected chi connectivity index (χ3v) is 7.89. The maximum Gasteiger partial charge on any atom is 0.415 e. The molecule has 1 aromatic carbocycles. The first-order valence-corrected chi connectivity index (χ1v) is 12.6. The fraction of sp³-hybridized carbons (Fsp3) is 0.250. The number of ether oxygens (including phenoxy) is 1. The van der Waals surface area contributed by atoms with E-state index in [9.17, 15) is 9.50 Å². The Morgan fingerprint density at radius 1 is 1.14 bits per heavy atom. The molecule has 0 saturated heterocycles. The van der Waals surface area contributed by atoms with Crippen molar-refractivity contribution in [3.63, 3.8) is 0 Å². The monoisotopic (exact) mass is 511 g/mol. The number of halogens is 1. The molecule has 0 bridgehead atoms. The molecule has 0 saturated carbocycles. The molecule has 180 valence electrons. The number of nitrogens with zero attached hydrogens (tertiary/aromatic N) is 4. The van der Waals surface area contributed by atoms with Crippen molar-refractivity contribution in [2.75, 3.05) is 18.5 Å². The van der Waals surface area contributed by atoms with Gasteiger partial charge in [-0.05, 0) is 55.8 Å². The molecule has 11 heteroatoms. The minimum absolute atomic E-state index is 0.208. The lowest BCUT2D eigenvalue weighted by molar-refractivity contribution is 0.267. The molecule has 0 unspecified atom stereocenters. The number of fused-ring (bicyclic) bond motifs is 1. The highest BCUT2D eigenvalue weighted by atomic mass is 32.1. The molecule has 8 nitrogen and oxygen atoms in total. The number of benzene rings is 1. The third kappa shape index (κ3) is 4.69. The predicted octanol–water partition coefficient (Wildman–Crippen LogP) is 5.98. The van der Waals surface area contributed by atoms with Crippen molar-refractivity contribution in [2.45, 2.75) is 27.2 Å². The van der Waals surface area contributed by atoms with E-state index >= 15 is 0 Å². The minimum atomic E-state index is -0.502. The Kier molecular flexibility index (Phi) is 6.35. The van der Waals surface area contributed by atoms with E-state index in [1.54, 1.807) is 23.5 Å². The van der Waals surface area contributed by atoms with Crippen LogP contribution in [0.15, 0.2) is 35.1 Å². The zero-order valence-electron chi connectivity index (χ0n) is 19.3. The highest BCUT2D eigenvalue weighted by Gasteiger charge is 2.19. The van der Waals surface area contributed by atoms with Gasteiger partial charge in [-0.3, -0.25) is 4.52 Å². The number of aromatic hydroxyl groups is 1. The van der Waals surface area contributed by atoms with Crippen molar-refractivity contribution in [1.29, 1.82) is 0 Å². The van der Waals surface area contributed by atoms with Crippen molar-refractivity contribution < 1.29 is 18.8 Å². The summed E-state index contributed by atoms with van der Waals surface area (Å²) in [6.45, 7) is 7.01. The quantitative estimate of drug-likeness (QED) is 0.262. The highest BCUT2D eigenvalue weighted by Crippen LogP contribution is 2.42. The fourth-order valence-corrected chi connectivity index (χ4v) is 6.08. The number of hydrogen-bond donors (Lipinski definition) is 2. The summed E-state index contributed by atoms with van der Waals surface area (Å²) in [4.78, 5) is 15.3. The van der Waals surface area contributed by atoms with E-state index in [0.29, 0.717) is 35.3 Å². The molecule has 35 heavy (non-hydrogen) atoms. The Labute approximate surface area is 208 Å². The lowest BCUT2D eigenvalue weighted by atomic mass is 10.1. The summed E-state index contributed by atoms with van der Waals surface area (Å²) < 4.78 is 25.6. The molecular weight excluding hydrogens is 489 g/mol. The number of thiophene rings is 2. The van der Waals surface area contributed by atoms with Crippen molar-refractivity contribution in [3.05, 3.63) is 52.4 Å². The van der Waals surface area contributed by atoms with Gasteiger partial charge in [0, 0.05) is 28.3 Å². The summed E-state index contributed by atoms with van der Waals surface area (Å²) in [6.07, 6.45) is 1.74. The molecule has 5 aromatic rings. The van der Waals surface area contributed by atoms with Crippen molar-refractivity contribution in [3.8, 4) is 33.1 Å². The van der Waals surface area contributed by atoms with Gasteiger partial charge in [-0.2, -0.15) is 4.98 Å². The van der Waals surface area contributed by atoms with Crippen molar-refractivity contribution in [1.82, 2.24) is 20.1 Å². The maximum absolute atomic E-state index is 14.0. The molecule has 2 N–H and O–H groups in total. The largest absolute Gasteiger partial charge is 0.492 e. The molecule has 0 aliphatic heterocycles. The first kappa shape index (κ1) is 23.2. The van der Waals surface area contributed by atoms with Gasteiger partial charge in [-0.25, -0.2) is 14.4 Å². The molecule has 5 rings (SSSR count). The van der Waals surface area contributed by atoms with Crippen LogP contribution in [-0.2, 0) is 6.42 Å². The molecule has 0 aliphatic carbocycles. The van der Waals surface area contributed by atoms with Gasteiger partial charge in [0.1, 0.15) is 28.6 Å². The van der Waals surface area contributed by atoms with Crippen molar-refractivity contribution in [2.24, 2.45) is 0 Å². The van der Waals surface area contributed by atoms with Crippen LogP contribution in [0.5, 0.6) is 11.8 Å². The smallest absolute Gasteiger partial charge is 0.415 e. The molecule has 0 spiro atoms. The molecule has 0 atom stereocenters. The van der Waals surface area contributed by atoms with E-state index in [2.05, 4.69) is 32.3 Å². The van der Waals surface area contributed by atoms with Crippen LogP contribution < -0.4 is 10.1 Å². The number of anilines is 1. The van der Waals surface area contributed by atoms with E-state index in [4.69, 9.17) is 9.26 Å². The highest BCUT2D eigenvalue weighted by molar-refractivity contribution is 7.19. The lowest BCUT2D eigenvalue weighted by Gasteiger charge is -2.07. The van der Waals surface area contributed by atoms with E-state index in [1.165, 1.54) is 22.5 Å². The maximum atomic E-state index is 14.0. The van der Waals surface area contributed by atoms with E-state index in [1.807, 2.05) is 26.0 Å². The van der Waals surface area contributed by atoms with Gasteiger partial charge < -0.3 is 15.2 Å². The van der Waals surface area contributed by atoms with Crippen LogP contribution in [0.1, 0.15) is 22.9 Å². The summed E-state index contributed by atoms with van der Waals surface area (Å²) in [5.74, 6) is 1.31. The number of aryl methyl sites for hydroxylation is 2. The number of aromatic nitrogens is 4. The van der Waals surface area contributed by atoms with E-state index in [0.717, 1.165) is 32.5 Å². The van der Waals surface area contributed by atoms with Gasteiger partial charge in [-0.15, -0.1) is 22.7 Å². The molecule has 4 aromatic heterocycles. The molecular formula is C24H22FN5O3S2. The second kappa shape index (κ2) is 9.59. The molecule has 4 heterocycles. The average molecular weight is 512 g/mol. The first-order chi connectivity index (χ1) is 16.9. The van der Waals surface area contributed by atoms with Gasteiger partial charge in [0.25, 0.3) is 0 Å². The summed E-state index contributed by atoms with van der Waals surface area (Å²) in [7, 11) is 0. The molecule has 0 radical (unpaired) electrons. The Morgan fingerprint density at radius 2 is 2.00 bits per heavy atom. The number of nitrogens with one attached hydrogen (secondary N) is 1. The Morgan fingerprint density at radius 3 is 2.77 bits per heavy atom. The van der Waals surface area contributed by atoms with Crippen LogP contribution in [0, 0.1) is 19.7 Å². The average Bonchev–Trinajstić information content (AvgIpc) is 3.52. The Balaban J connectivity index is 1.35. The van der Waals surface area contributed by atoms with Gasteiger partial charge in [0.15, 0.2) is 0 Å². The lowest BCUT2D eigenvalue weighted by Crippen LogP contribution is -2.07. The molecule has 0 amide bonds. The van der Waals surface area contributed by atoms with Gasteiger partial charge in [0.05, 0.1) is 17.2 Å². The van der Waals surface area contributed by atoms with Crippen LogP contribution >= 0.6 is 22.7 Å². The normalized spacial score (nSPS) is 11.3. The van der Waals surface area contributed by atoms with E-state index in [-0.39, 0.29) is 11.6 Å². The minimum Gasteiger partial charge on any atom is -0.492 e. The van der Waals surface area contributed by atoms with Crippen LogP contribution in [-0.4, -0.2) is 38.4 Å². The van der Waals surface area contributed by atoms with Crippen LogP contribution in [0.2, 0.25) is 0 Å². The van der Waals surface area contributed by atoms with Crippen molar-refractivity contribution >= 4 is 38.6 Å². The molecule has 0 aliphatic rings. The zero-order valence-corrected chi connectivity index (χ0v) is 20.9. The zero-order chi connectivity index (χ0) is 24.5. The standard InChI is InChI=1S/C24H22FN5O3S2/c1-4-32-18-10-19(35-22(18)23-29-24(31)33-30-23)17-9-20(28-11-27-17)26-6-5-15-13(3)34-21-12(2)7-14(25)8-16(15)21/h7-11H,4-6H2,1-3H3,(H,26,27,28)(H,29,30,31). The SMILES string of the molecule is CCOc1cc(-c2cc(NCCc3c(C)sc4c(C)cc(F)cc34)ncn2)sc1-c1noc(O)n1. The van der Waals surface area contributed by atoms with Gasteiger partial charge in [0.2, 0.25) is 5.82 Å². The number of hydrogen-bond acceptors (Lipinski definition) is 10. The predicted molar refractivity (Wildman–Crippen MR) is 135 cm³/mol. The summed E-state index contributed by atoms with van der Waals surface area (Å²) in [6, 6.07) is 6.93. The van der Waals surface area contributed by atoms with Gasteiger partial charge in [-0.1, -0.05) is 5.16 Å². The van der Waals surface area contributed by atoms with Crippen LogP contribution in [0.3, 0.4) is 0 Å². The van der Waals surface area contributed by atoms with Crippen LogP contribution in [0.25, 0.3) is 31.4 Å². The first-order valence-electron chi connectivity index (χ1n) is 11.0. The number of rotatable bonds is 8. The van der Waals surface area contributed by atoms with Crippen LogP contribution in [0.4, 0.5) is 10.2 Å². The summed E-state index contributed by atoms with van der Waals surface area (Å²) >= 11 is 3.09.